The molecule has 0 saturated carbocycles. The standard InChI is InChI=1S/C19H15BrF2N2O2S/c1-2-26-15(25)11-27-19-16(20)18(12-7-4-3-5-8-12)24(23-19)14-10-6-9-13(21)17(14)22/h3-10H,2,11H2,1H3. The van der Waals surface area contributed by atoms with Gasteiger partial charge in [-0.05, 0) is 35.0 Å². The SMILES string of the molecule is CCOC(=O)CSc1nn(-c2cccc(F)c2F)c(-c2ccccc2)c1Br. The molecule has 0 spiro atoms. The fraction of sp³-hybridized carbons (Fsp3) is 0.158. The molecule has 0 N–H and O–H groups in total. The van der Waals surface area contributed by atoms with Crippen LogP contribution < -0.4 is 0 Å². The summed E-state index contributed by atoms with van der Waals surface area (Å²) in [6, 6.07) is 13.1. The Bertz CT molecular complexity index is 964. The third kappa shape index (κ3) is 4.22. The van der Waals surface area contributed by atoms with E-state index in [0.717, 1.165) is 23.4 Å². The summed E-state index contributed by atoms with van der Waals surface area (Å²) < 4.78 is 35.0. The summed E-state index contributed by atoms with van der Waals surface area (Å²) in [6.07, 6.45) is 0. The Morgan fingerprint density at radius 1 is 1.19 bits per heavy atom. The monoisotopic (exact) mass is 452 g/mol. The van der Waals surface area contributed by atoms with Crippen LogP contribution in [0.1, 0.15) is 6.92 Å². The Kier molecular flexibility index (Phi) is 6.28. The number of halogens is 3. The molecule has 0 amide bonds. The van der Waals surface area contributed by atoms with Crippen molar-refractivity contribution in [1.29, 1.82) is 0 Å². The molecule has 0 fully saturated rings. The number of carbonyl (C=O) groups excluding carboxylic acids is 1. The zero-order chi connectivity index (χ0) is 19.4. The van der Waals surface area contributed by atoms with E-state index in [-0.39, 0.29) is 17.4 Å². The van der Waals surface area contributed by atoms with E-state index in [1.54, 1.807) is 6.92 Å². The molecule has 0 aliphatic carbocycles. The maximum absolute atomic E-state index is 14.4. The molecular weight excluding hydrogens is 438 g/mol. The lowest BCUT2D eigenvalue weighted by Crippen LogP contribution is -2.07. The lowest BCUT2D eigenvalue weighted by atomic mass is 10.1. The van der Waals surface area contributed by atoms with E-state index in [1.165, 1.54) is 16.8 Å². The summed E-state index contributed by atoms with van der Waals surface area (Å²) in [7, 11) is 0. The maximum Gasteiger partial charge on any atom is 0.316 e. The van der Waals surface area contributed by atoms with Crippen molar-refractivity contribution in [3.8, 4) is 16.9 Å². The Morgan fingerprint density at radius 3 is 2.63 bits per heavy atom. The van der Waals surface area contributed by atoms with Crippen molar-refractivity contribution < 1.29 is 18.3 Å². The molecule has 1 aromatic heterocycles. The van der Waals surface area contributed by atoms with Gasteiger partial charge in [-0.15, -0.1) is 0 Å². The molecule has 0 aliphatic heterocycles. The molecule has 3 rings (SSSR count). The molecule has 3 aromatic rings. The summed E-state index contributed by atoms with van der Waals surface area (Å²) >= 11 is 4.66. The largest absolute Gasteiger partial charge is 0.465 e. The third-order valence-electron chi connectivity index (χ3n) is 3.64. The smallest absolute Gasteiger partial charge is 0.316 e. The average molecular weight is 453 g/mol. The highest BCUT2D eigenvalue weighted by atomic mass is 79.9. The molecule has 1 heterocycles. The number of aromatic nitrogens is 2. The van der Waals surface area contributed by atoms with Gasteiger partial charge >= 0.3 is 5.97 Å². The molecule has 8 heteroatoms. The van der Waals surface area contributed by atoms with Gasteiger partial charge in [-0.2, -0.15) is 5.10 Å². The average Bonchev–Trinajstić information content (AvgIpc) is 2.99. The fourth-order valence-corrected chi connectivity index (χ4v) is 4.00. The van der Waals surface area contributed by atoms with Crippen molar-refractivity contribution >= 4 is 33.7 Å². The van der Waals surface area contributed by atoms with Crippen LogP contribution in [0.25, 0.3) is 16.9 Å². The van der Waals surface area contributed by atoms with Crippen molar-refractivity contribution in [1.82, 2.24) is 9.78 Å². The minimum Gasteiger partial charge on any atom is -0.465 e. The van der Waals surface area contributed by atoms with Gasteiger partial charge in [0, 0.05) is 5.56 Å². The van der Waals surface area contributed by atoms with Gasteiger partial charge in [-0.3, -0.25) is 4.79 Å². The van der Waals surface area contributed by atoms with Gasteiger partial charge in [-0.25, -0.2) is 13.5 Å². The Balaban J connectivity index is 2.10. The van der Waals surface area contributed by atoms with Crippen LogP contribution in [0.2, 0.25) is 0 Å². The van der Waals surface area contributed by atoms with Crippen LogP contribution in [0.4, 0.5) is 8.78 Å². The normalized spacial score (nSPS) is 10.8. The van der Waals surface area contributed by atoms with E-state index in [0.29, 0.717) is 21.8 Å². The molecule has 0 bridgehead atoms. The van der Waals surface area contributed by atoms with Crippen LogP contribution in [0.5, 0.6) is 0 Å². The second kappa shape index (κ2) is 8.67. The summed E-state index contributed by atoms with van der Waals surface area (Å²) in [6.45, 7) is 2.02. The van der Waals surface area contributed by atoms with Crippen LogP contribution in [0, 0.1) is 11.6 Å². The van der Waals surface area contributed by atoms with E-state index in [4.69, 9.17) is 4.74 Å². The van der Waals surface area contributed by atoms with E-state index in [2.05, 4.69) is 21.0 Å². The number of nitrogens with zero attached hydrogens (tertiary/aromatic N) is 2. The first-order chi connectivity index (χ1) is 13.0. The van der Waals surface area contributed by atoms with Crippen molar-refractivity contribution in [2.75, 3.05) is 12.4 Å². The van der Waals surface area contributed by atoms with Crippen LogP contribution in [0.15, 0.2) is 58.0 Å². The van der Waals surface area contributed by atoms with Crippen molar-refractivity contribution in [3.63, 3.8) is 0 Å². The quantitative estimate of drug-likeness (QED) is 0.379. The predicted octanol–water partition coefficient (Wildman–Crippen LogP) is 5.24. The zero-order valence-electron chi connectivity index (χ0n) is 14.3. The molecular formula is C19H15BrF2N2O2S. The Hall–Kier alpha value is -2.19. The van der Waals surface area contributed by atoms with Gasteiger partial charge in [0.2, 0.25) is 0 Å². The van der Waals surface area contributed by atoms with Gasteiger partial charge in [0.15, 0.2) is 11.6 Å². The number of rotatable bonds is 6. The first kappa shape index (κ1) is 19.6. The summed E-state index contributed by atoms with van der Waals surface area (Å²) in [5, 5.41) is 4.89. The predicted molar refractivity (Wildman–Crippen MR) is 104 cm³/mol. The molecule has 4 nitrogen and oxygen atoms in total. The van der Waals surface area contributed by atoms with Gasteiger partial charge in [-0.1, -0.05) is 48.2 Å². The summed E-state index contributed by atoms with van der Waals surface area (Å²) in [4.78, 5) is 11.7. The molecule has 0 radical (unpaired) electrons. The number of thioether (sulfide) groups is 1. The van der Waals surface area contributed by atoms with Crippen LogP contribution >= 0.6 is 27.7 Å². The number of ether oxygens (including phenoxy) is 1. The number of carbonyl (C=O) groups is 1. The molecule has 27 heavy (non-hydrogen) atoms. The van der Waals surface area contributed by atoms with Crippen LogP contribution in [0.3, 0.4) is 0 Å². The molecule has 2 aromatic carbocycles. The van der Waals surface area contributed by atoms with Gasteiger partial charge in [0.05, 0.1) is 22.5 Å². The first-order valence-corrected chi connectivity index (χ1v) is 9.87. The van der Waals surface area contributed by atoms with Crippen LogP contribution in [-0.4, -0.2) is 28.1 Å². The number of benzene rings is 2. The van der Waals surface area contributed by atoms with Crippen molar-refractivity contribution in [3.05, 3.63) is 64.6 Å². The van der Waals surface area contributed by atoms with Gasteiger partial charge in [0.25, 0.3) is 0 Å². The summed E-state index contributed by atoms with van der Waals surface area (Å²) in [5.41, 5.74) is 1.31. The van der Waals surface area contributed by atoms with Gasteiger partial charge in [0.1, 0.15) is 10.7 Å². The first-order valence-electron chi connectivity index (χ1n) is 8.09. The van der Waals surface area contributed by atoms with E-state index < -0.39 is 11.6 Å². The Labute approximate surface area is 167 Å². The second-order valence-corrected chi connectivity index (χ2v) is 7.17. The molecule has 140 valence electrons. The maximum atomic E-state index is 14.4. The number of esters is 1. The molecule has 0 aliphatic rings. The minimum atomic E-state index is -0.994. The highest BCUT2D eigenvalue weighted by Gasteiger charge is 2.22. The van der Waals surface area contributed by atoms with Gasteiger partial charge < -0.3 is 4.74 Å². The molecule has 0 atom stereocenters. The van der Waals surface area contributed by atoms with Crippen molar-refractivity contribution in [2.24, 2.45) is 0 Å². The van der Waals surface area contributed by atoms with E-state index >= 15 is 0 Å². The number of hydrogen-bond donors (Lipinski definition) is 0. The molecule has 0 saturated heterocycles. The third-order valence-corrected chi connectivity index (χ3v) is 5.59. The topological polar surface area (TPSA) is 44.1 Å². The molecule has 0 unspecified atom stereocenters. The highest BCUT2D eigenvalue weighted by Crippen LogP contribution is 2.38. The zero-order valence-corrected chi connectivity index (χ0v) is 16.7. The van der Waals surface area contributed by atoms with E-state index in [1.807, 2.05) is 30.3 Å². The second-order valence-electron chi connectivity index (χ2n) is 5.41. The lowest BCUT2D eigenvalue weighted by Gasteiger charge is -2.09. The number of hydrogen-bond acceptors (Lipinski definition) is 4. The minimum absolute atomic E-state index is 0.0162. The Morgan fingerprint density at radius 2 is 1.93 bits per heavy atom. The highest BCUT2D eigenvalue weighted by molar-refractivity contribution is 9.10. The lowest BCUT2D eigenvalue weighted by molar-refractivity contribution is -0.139. The van der Waals surface area contributed by atoms with Crippen LogP contribution in [-0.2, 0) is 9.53 Å². The van der Waals surface area contributed by atoms with E-state index in [9.17, 15) is 13.6 Å². The fourth-order valence-electron chi connectivity index (χ4n) is 2.48. The summed E-state index contributed by atoms with van der Waals surface area (Å²) in [5.74, 6) is -2.27. The van der Waals surface area contributed by atoms with Crippen molar-refractivity contribution in [2.45, 2.75) is 11.9 Å².